The first kappa shape index (κ1) is 14.0. The quantitative estimate of drug-likeness (QED) is 0.532. The topological polar surface area (TPSA) is 0 Å². The van der Waals surface area contributed by atoms with E-state index in [1.54, 1.807) is 0 Å². The van der Waals surface area contributed by atoms with E-state index >= 15 is 0 Å². The second-order valence-corrected chi connectivity index (χ2v) is 5.08. The van der Waals surface area contributed by atoms with Crippen LogP contribution < -0.4 is 0 Å². The number of rotatable bonds is 7. The average Bonchev–Trinajstić information content (AvgIpc) is 2.18. The Bertz CT molecular complexity index is 128. The molecule has 0 heterocycles. The van der Waals surface area contributed by atoms with E-state index in [1.165, 1.54) is 25.7 Å². The first-order valence-corrected chi connectivity index (χ1v) is 6.58. The summed E-state index contributed by atoms with van der Waals surface area (Å²) in [5.41, 5.74) is 0. The van der Waals surface area contributed by atoms with E-state index < -0.39 is 0 Å². The zero-order valence-corrected chi connectivity index (χ0v) is 11.1. The monoisotopic (exact) mass is 198 g/mol. The molecule has 0 bridgehead atoms. The maximum absolute atomic E-state index is 2.46. The fourth-order valence-corrected chi connectivity index (χ4v) is 2.74. The van der Waals surface area contributed by atoms with Crippen molar-refractivity contribution in [1.29, 1.82) is 0 Å². The molecule has 14 heavy (non-hydrogen) atoms. The standard InChI is InChI=1S/C14H30/c1-7-10-12(5)13(6)14(9-3)11(4)8-2/h11-14H,7-10H2,1-6H3. The third-order valence-corrected chi connectivity index (χ3v) is 4.16. The molecule has 0 nitrogen and oxygen atoms in total. The van der Waals surface area contributed by atoms with Gasteiger partial charge in [0.25, 0.3) is 0 Å². The van der Waals surface area contributed by atoms with Crippen LogP contribution in [0.5, 0.6) is 0 Å². The van der Waals surface area contributed by atoms with Crippen LogP contribution in [0.3, 0.4) is 0 Å². The molecule has 0 saturated heterocycles. The van der Waals surface area contributed by atoms with E-state index in [4.69, 9.17) is 0 Å². The minimum absolute atomic E-state index is 0.898. The fourth-order valence-electron chi connectivity index (χ4n) is 2.74. The Labute approximate surface area is 91.5 Å². The van der Waals surface area contributed by atoms with E-state index in [-0.39, 0.29) is 0 Å². The summed E-state index contributed by atoms with van der Waals surface area (Å²) in [5.74, 6) is 3.63. The number of hydrogen-bond donors (Lipinski definition) is 0. The second-order valence-electron chi connectivity index (χ2n) is 5.08. The van der Waals surface area contributed by atoms with Crippen molar-refractivity contribution in [3.05, 3.63) is 0 Å². The van der Waals surface area contributed by atoms with Crippen molar-refractivity contribution in [2.75, 3.05) is 0 Å². The Morgan fingerprint density at radius 3 is 1.71 bits per heavy atom. The Kier molecular flexibility index (Phi) is 7.31. The van der Waals surface area contributed by atoms with Gasteiger partial charge in [-0.25, -0.2) is 0 Å². The maximum Gasteiger partial charge on any atom is -0.0363 e. The van der Waals surface area contributed by atoms with E-state index in [1.807, 2.05) is 0 Å². The van der Waals surface area contributed by atoms with Crippen LogP contribution in [0.2, 0.25) is 0 Å². The van der Waals surface area contributed by atoms with Crippen molar-refractivity contribution in [2.45, 2.75) is 67.2 Å². The molecule has 4 unspecified atom stereocenters. The van der Waals surface area contributed by atoms with Gasteiger partial charge in [0, 0.05) is 0 Å². The smallest absolute Gasteiger partial charge is 0.0363 e. The van der Waals surface area contributed by atoms with Gasteiger partial charge >= 0.3 is 0 Å². The highest BCUT2D eigenvalue weighted by Gasteiger charge is 2.24. The van der Waals surface area contributed by atoms with Gasteiger partial charge in [-0.05, 0) is 23.7 Å². The van der Waals surface area contributed by atoms with Crippen LogP contribution in [0.25, 0.3) is 0 Å². The molecule has 0 aromatic rings. The lowest BCUT2D eigenvalue weighted by Crippen LogP contribution is -2.24. The molecule has 0 saturated carbocycles. The molecule has 0 radical (unpaired) electrons. The maximum atomic E-state index is 2.46. The van der Waals surface area contributed by atoms with E-state index in [0.717, 1.165) is 23.7 Å². The van der Waals surface area contributed by atoms with Gasteiger partial charge in [-0.2, -0.15) is 0 Å². The molecule has 0 spiro atoms. The molecule has 0 amide bonds. The Morgan fingerprint density at radius 1 is 0.786 bits per heavy atom. The molecule has 0 fully saturated rings. The summed E-state index contributed by atoms with van der Waals surface area (Å²) in [6.45, 7) is 14.3. The van der Waals surface area contributed by atoms with Gasteiger partial charge in [0.15, 0.2) is 0 Å². The summed E-state index contributed by atoms with van der Waals surface area (Å²) in [6.07, 6.45) is 5.42. The lowest BCUT2D eigenvalue weighted by molar-refractivity contribution is 0.177. The van der Waals surface area contributed by atoms with Crippen molar-refractivity contribution in [2.24, 2.45) is 23.7 Å². The van der Waals surface area contributed by atoms with Gasteiger partial charge in [0.05, 0.1) is 0 Å². The highest BCUT2D eigenvalue weighted by molar-refractivity contribution is 4.74. The predicted molar refractivity (Wildman–Crippen MR) is 66.5 cm³/mol. The summed E-state index contributed by atoms with van der Waals surface area (Å²) in [6, 6.07) is 0. The zero-order valence-electron chi connectivity index (χ0n) is 11.1. The van der Waals surface area contributed by atoms with Crippen molar-refractivity contribution in [3.63, 3.8) is 0 Å². The van der Waals surface area contributed by atoms with Crippen molar-refractivity contribution >= 4 is 0 Å². The third-order valence-electron chi connectivity index (χ3n) is 4.16. The molecule has 0 aliphatic heterocycles. The largest absolute Gasteiger partial charge is 0.0654 e. The van der Waals surface area contributed by atoms with Crippen LogP contribution in [0.15, 0.2) is 0 Å². The predicted octanol–water partition coefficient (Wildman–Crippen LogP) is 5.13. The van der Waals surface area contributed by atoms with Crippen molar-refractivity contribution in [1.82, 2.24) is 0 Å². The first-order valence-electron chi connectivity index (χ1n) is 6.58. The van der Waals surface area contributed by atoms with E-state index in [9.17, 15) is 0 Å². The SMILES string of the molecule is CCCC(C)C(C)C(CC)C(C)CC. The van der Waals surface area contributed by atoms with Crippen LogP contribution in [-0.4, -0.2) is 0 Å². The molecule has 0 aliphatic carbocycles. The van der Waals surface area contributed by atoms with E-state index in [2.05, 4.69) is 41.5 Å². The number of hydrogen-bond acceptors (Lipinski definition) is 0. The van der Waals surface area contributed by atoms with Crippen LogP contribution >= 0.6 is 0 Å². The molecular weight excluding hydrogens is 168 g/mol. The van der Waals surface area contributed by atoms with Crippen molar-refractivity contribution < 1.29 is 0 Å². The van der Waals surface area contributed by atoms with Crippen LogP contribution in [0, 0.1) is 23.7 Å². The van der Waals surface area contributed by atoms with Crippen LogP contribution in [-0.2, 0) is 0 Å². The molecule has 4 atom stereocenters. The third kappa shape index (κ3) is 4.02. The molecule has 0 aromatic heterocycles. The average molecular weight is 198 g/mol. The van der Waals surface area contributed by atoms with Gasteiger partial charge in [-0.15, -0.1) is 0 Å². The van der Waals surface area contributed by atoms with Gasteiger partial charge in [-0.3, -0.25) is 0 Å². The van der Waals surface area contributed by atoms with E-state index in [0.29, 0.717) is 0 Å². The van der Waals surface area contributed by atoms with Crippen molar-refractivity contribution in [3.8, 4) is 0 Å². The van der Waals surface area contributed by atoms with Gasteiger partial charge in [0.2, 0.25) is 0 Å². The molecule has 0 heteroatoms. The van der Waals surface area contributed by atoms with Gasteiger partial charge < -0.3 is 0 Å². The lowest BCUT2D eigenvalue weighted by atomic mass is 9.74. The highest BCUT2D eigenvalue weighted by atomic mass is 14.3. The summed E-state index contributed by atoms with van der Waals surface area (Å²) in [4.78, 5) is 0. The Hall–Kier alpha value is 0. The Morgan fingerprint density at radius 2 is 1.36 bits per heavy atom. The Balaban J connectivity index is 4.21. The van der Waals surface area contributed by atoms with Gasteiger partial charge in [-0.1, -0.05) is 67.2 Å². The second kappa shape index (κ2) is 7.31. The molecule has 86 valence electrons. The van der Waals surface area contributed by atoms with Crippen LogP contribution in [0.4, 0.5) is 0 Å². The molecule has 0 N–H and O–H groups in total. The lowest BCUT2D eigenvalue weighted by Gasteiger charge is -2.32. The molecule has 0 aromatic carbocycles. The fraction of sp³-hybridized carbons (Fsp3) is 1.00. The summed E-state index contributed by atoms with van der Waals surface area (Å²) < 4.78 is 0. The van der Waals surface area contributed by atoms with Crippen LogP contribution in [0.1, 0.15) is 67.2 Å². The highest BCUT2D eigenvalue weighted by Crippen LogP contribution is 2.33. The van der Waals surface area contributed by atoms with Gasteiger partial charge in [0.1, 0.15) is 0 Å². The zero-order chi connectivity index (χ0) is 11.1. The minimum Gasteiger partial charge on any atom is -0.0654 e. The summed E-state index contributed by atoms with van der Waals surface area (Å²) in [7, 11) is 0. The molecule has 0 rings (SSSR count). The molecule has 0 aliphatic rings. The summed E-state index contributed by atoms with van der Waals surface area (Å²) in [5, 5.41) is 0. The minimum atomic E-state index is 0.898. The first-order chi connectivity index (χ1) is 6.58. The summed E-state index contributed by atoms with van der Waals surface area (Å²) >= 11 is 0. The normalized spacial score (nSPS) is 20.1. The molecular formula is C14H30.